The van der Waals surface area contributed by atoms with Crippen molar-refractivity contribution >= 4 is 40.3 Å². The van der Waals surface area contributed by atoms with Crippen LogP contribution in [-0.2, 0) is 6.42 Å². The SMILES string of the molecule is CN(/N=C/c1c(CCN2CCCC2)cccc1C(=O)O)c1nc(-c2ccccc2Cl)cs1. The third-order valence-corrected chi connectivity index (χ3v) is 6.84. The van der Waals surface area contributed by atoms with Gasteiger partial charge >= 0.3 is 5.97 Å². The molecular weight excluding hydrogens is 444 g/mol. The number of rotatable bonds is 8. The molecule has 1 N–H and O–H groups in total. The molecule has 1 aliphatic rings. The number of hydrogen-bond donors (Lipinski definition) is 1. The van der Waals surface area contributed by atoms with Gasteiger partial charge in [0.15, 0.2) is 0 Å². The molecule has 8 heteroatoms. The molecule has 6 nitrogen and oxygen atoms in total. The van der Waals surface area contributed by atoms with Crippen LogP contribution in [0.4, 0.5) is 5.13 Å². The van der Waals surface area contributed by atoms with Gasteiger partial charge < -0.3 is 10.0 Å². The fraction of sp³-hybridized carbons (Fsp3) is 0.292. The number of halogens is 1. The molecule has 0 unspecified atom stereocenters. The number of hydrazone groups is 1. The maximum Gasteiger partial charge on any atom is 0.336 e. The van der Waals surface area contributed by atoms with E-state index in [1.165, 1.54) is 24.2 Å². The van der Waals surface area contributed by atoms with E-state index < -0.39 is 5.97 Å². The van der Waals surface area contributed by atoms with E-state index in [2.05, 4.69) is 15.0 Å². The number of hydrogen-bond acceptors (Lipinski definition) is 6. The van der Waals surface area contributed by atoms with Gasteiger partial charge in [-0.1, -0.05) is 41.9 Å². The van der Waals surface area contributed by atoms with E-state index >= 15 is 0 Å². The maximum atomic E-state index is 11.8. The molecule has 0 aliphatic carbocycles. The molecule has 0 saturated carbocycles. The zero-order chi connectivity index (χ0) is 22.5. The fourth-order valence-corrected chi connectivity index (χ4v) is 4.83. The molecule has 2 aromatic carbocycles. The highest BCUT2D eigenvalue weighted by Crippen LogP contribution is 2.31. The van der Waals surface area contributed by atoms with Crippen LogP contribution in [0, 0.1) is 0 Å². The highest BCUT2D eigenvalue weighted by molar-refractivity contribution is 7.14. The molecule has 0 atom stereocenters. The second-order valence-corrected chi connectivity index (χ2v) is 8.99. The first-order valence-electron chi connectivity index (χ1n) is 10.6. The quantitative estimate of drug-likeness (QED) is 0.360. The molecule has 0 bridgehead atoms. The summed E-state index contributed by atoms with van der Waals surface area (Å²) in [5.74, 6) is -0.952. The summed E-state index contributed by atoms with van der Waals surface area (Å²) in [6.07, 6.45) is 4.90. The Hall–Kier alpha value is -2.74. The number of carboxylic acid groups (broad SMARTS) is 1. The van der Waals surface area contributed by atoms with Crippen molar-refractivity contribution in [3.05, 3.63) is 69.6 Å². The average molecular weight is 469 g/mol. The van der Waals surface area contributed by atoms with Crippen LogP contribution >= 0.6 is 22.9 Å². The van der Waals surface area contributed by atoms with Gasteiger partial charge in [0.2, 0.25) is 5.13 Å². The van der Waals surface area contributed by atoms with Gasteiger partial charge in [-0.2, -0.15) is 5.10 Å². The first-order chi connectivity index (χ1) is 15.5. The van der Waals surface area contributed by atoms with Gasteiger partial charge in [0.25, 0.3) is 0 Å². The molecule has 1 aromatic heterocycles. The summed E-state index contributed by atoms with van der Waals surface area (Å²) in [5, 5.41) is 19.2. The molecule has 166 valence electrons. The summed E-state index contributed by atoms with van der Waals surface area (Å²) in [6.45, 7) is 3.15. The van der Waals surface area contributed by atoms with Gasteiger partial charge in [0.1, 0.15) is 0 Å². The van der Waals surface area contributed by atoms with Crippen LogP contribution < -0.4 is 5.01 Å². The standard InChI is InChI=1S/C24H25ClN4O2S/c1-28(24-27-22(16-32-24)19-8-2-3-10-21(19)25)26-15-20-17(7-6-9-18(20)23(30)31)11-14-29-12-4-5-13-29/h2-3,6-10,15-16H,4-5,11-14H2,1H3,(H,30,31)/b26-15+. The van der Waals surface area contributed by atoms with Crippen molar-refractivity contribution in [3.8, 4) is 11.3 Å². The van der Waals surface area contributed by atoms with Crippen molar-refractivity contribution < 1.29 is 9.90 Å². The number of aromatic carboxylic acids is 1. The molecule has 0 amide bonds. The van der Waals surface area contributed by atoms with E-state index in [1.807, 2.05) is 35.7 Å². The van der Waals surface area contributed by atoms with Crippen molar-refractivity contribution in [2.75, 3.05) is 31.7 Å². The van der Waals surface area contributed by atoms with Gasteiger partial charge in [-0.15, -0.1) is 11.3 Å². The van der Waals surface area contributed by atoms with E-state index in [-0.39, 0.29) is 5.56 Å². The van der Waals surface area contributed by atoms with E-state index in [0.717, 1.165) is 42.9 Å². The van der Waals surface area contributed by atoms with E-state index in [0.29, 0.717) is 15.7 Å². The Morgan fingerprint density at radius 2 is 2.03 bits per heavy atom. The molecule has 0 spiro atoms. The molecule has 0 radical (unpaired) electrons. The van der Waals surface area contributed by atoms with Crippen molar-refractivity contribution in [1.82, 2.24) is 9.88 Å². The van der Waals surface area contributed by atoms with Gasteiger partial charge in [-0.3, -0.25) is 0 Å². The highest BCUT2D eigenvalue weighted by atomic mass is 35.5. The smallest absolute Gasteiger partial charge is 0.336 e. The Bertz CT molecular complexity index is 1120. The molecule has 1 aliphatic heterocycles. The monoisotopic (exact) mass is 468 g/mol. The third kappa shape index (κ3) is 5.18. The Labute approximate surface area is 196 Å². The first-order valence-corrected chi connectivity index (χ1v) is 11.8. The minimum Gasteiger partial charge on any atom is -0.478 e. The van der Waals surface area contributed by atoms with Crippen molar-refractivity contribution in [2.45, 2.75) is 19.3 Å². The second kappa shape index (κ2) is 10.3. The number of aromatic nitrogens is 1. The van der Waals surface area contributed by atoms with Crippen molar-refractivity contribution in [3.63, 3.8) is 0 Å². The van der Waals surface area contributed by atoms with E-state index in [1.54, 1.807) is 30.4 Å². The minimum absolute atomic E-state index is 0.261. The Morgan fingerprint density at radius 3 is 2.78 bits per heavy atom. The van der Waals surface area contributed by atoms with Crippen molar-refractivity contribution in [1.29, 1.82) is 0 Å². The Morgan fingerprint density at radius 1 is 1.25 bits per heavy atom. The summed E-state index contributed by atoms with van der Waals surface area (Å²) in [6, 6.07) is 13.0. The lowest BCUT2D eigenvalue weighted by Gasteiger charge is -2.16. The molecule has 1 saturated heterocycles. The zero-order valence-electron chi connectivity index (χ0n) is 17.9. The number of likely N-dealkylation sites (tertiary alicyclic amines) is 1. The summed E-state index contributed by atoms with van der Waals surface area (Å²) in [7, 11) is 1.80. The lowest BCUT2D eigenvalue weighted by Crippen LogP contribution is -2.22. The predicted octanol–water partition coefficient (Wildman–Crippen LogP) is 5.27. The second-order valence-electron chi connectivity index (χ2n) is 7.75. The molecule has 1 fully saturated rings. The maximum absolute atomic E-state index is 11.8. The van der Waals surface area contributed by atoms with Crippen molar-refractivity contribution in [2.24, 2.45) is 5.10 Å². The molecule has 4 rings (SSSR count). The molecule has 32 heavy (non-hydrogen) atoms. The van der Waals surface area contributed by atoms with Crippen LogP contribution in [0.15, 0.2) is 52.9 Å². The van der Waals surface area contributed by atoms with Gasteiger partial charge in [-0.05, 0) is 50.0 Å². The number of anilines is 1. The number of benzene rings is 2. The third-order valence-electron chi connectivity index (χ3n) is 5.60. The van der Waals surface area contributed by atoms with Crippen LogP contribution in [0.25, 0.3) is 11.3 Å². The lowest BCUT2D eigenvalue weighted by molar-refractivity contribution is 0.0696. The predicted molar refractivity (Wildman–Crippen MR) is 131 cm³/mol. The summed E-state index contributed by atoms with van der Waals surface area (Å²) < 4.78 is 0. The van der Waals surface area contributed by atoms with Gasteiger partial charge in [0, 0.05) is 35.1 Å². The van der Waals surface area contributed by atoms with E-state index in [4.69, 9.17) is 11.6 Å². The van der Waals surface area contributed by atoms with Gasteiger partial charge in [0.05, 0.1) is 17.5 Å². The minimum atomic E-state index is -0.952. The normalized spacial score (nSPS) is 14.3. The molecular formula is C24H25ClN4O2S. The van der Waals surface area contributed by atoms with Crippen LogP contribution in [0.3, 0.4) is 0 Å². The van der Waals surface area contributed by atoms with E-state index in [9.17, 15) is 9.90 Å². The van der Waals surface area contributed by atoms with Crippen LogP contribution in [-0.4, -0.2) is 53.9 Å². The number of carboxylic acids is 1. The number of carbonyl (C=O) groups is 1. The molecule has 3 aromatic rings. The Kier molecular flexibility index (Phi) is 7.19. The first kappa shape index (κ1) is 22.5. The summed E-state index contributed by atoms with van der Waals surface area (Å²) in [5.41, 5.74) is 3.56. The number of thiazole rings is 1. The fourth-order valence-electron chi connectivity index (χ4n) is 3.85. The largest absolute Gasteiger partial charge is 0.478 e. The average Bonchev–Trinajstić information content (AvgIpc) is 3.49. The van der Waals surface area contributed by atoms with Crippen LogP contribution in [0.2, 0.25) is 5.02 Å². The van der Waals surface area contributed by atoms with Crippen LogP contribution in [0.5, 0.6) is 0 Å². The summed E-state index contributed by atoms with van der Waals surface area (Å²) >= 11 is 7.75. The van der Waals surface area contributed by atoms with Crippen LogP contribution in [0.1, 0.15) is 34.3 Å². The Balaban J connectivity index is 1.55. The topological polar surface area (TPSA) is 69.0 Å². The lowest BCUT2D eigenvalue weighted by atomic mass is 9.99. The molecule has 2 heterocycles. The number of nitrogens with zero attached hydrogens (tertiary/aromatic N) is 4. The highest BCUT2D eigenvalue weighted by Gasteiger charge is 2.16. The van der Waals surface area contributed by atoms with Gasteiger partial charge in [-0.25, -0.2) is 14.8 Å². The summed E-state index contributed by atoms with van der Waals surface area (Å²) in [4.78, 5) is 18.9. The zero-order valence-corrected chi connectivity index (χ0v) is 19.4.